The summed E-state index contributed by atoms with van der Waals surface area (Å²) in [6.07, 6.45) is -0.164. The predicted molar refractivity (Wildman–Crippen MR) is 140 cm³/mol. The monoisotopic (exact) mass is 484 g/mol. The molecule has 0 radical (unpaired) electrons. The van der Waals surface area contributed by atoms with Crippen LogP contribution >= 0.6 is 0 Å². The normalized spacial score (nSPS) is 14.6. The van der Waals surface area contributed by atoms with Crippen LogP contribution in [0.4, 0.5) is 10.5 Å². The van der Waals surface area contributed by atoms with Crippen molar-refractivity contribution in [2.45, 2.75) is 19.6 Å². The number of nitrogens with one attached hydrogen (secondary N) is 1. The minimum absolute atomic E-state index is 0.0679. The van der Waals surface area contributed by atoms with Gasteiger partial charge in [0.15, 0.2) is 0 Å². The van der Waals surface area contributed by atoms with Crippen LogP contribution in [0, 0.1) is 18.3 Å². The van der Waals surface area contributed by atoms with Crippen molar-refractivity contribution in [1.82, 2.24) is 9.80 Å². The highest BCUT2D eigenvalue weighted by Gasteiger charge is 2.24. The van der Waals surface area contributed by atoms with Crippen LogP contribution in [0.5, 0.6) is 5.75 Å². The zero-order valence-corrected chi connectivity index (χ0v) is 20.8. The van der Waals surface area contributed by atoms with E-state index >= 15 is 0 Å². The summed E-state index contributed by atoms with van der Waals surface area (Å²) in [6.45, 7) is 5.99. The molecule has 1 N–H and O–H groups in total. The van der Waals surface area contributed by atoms with Gasteiger partial charge in [-0.2, -0.15) is 5.26 Å². The molecule has 4 rings (SSSR count). The quantitative estimate of drug-likeness (QED) is 0.488. The second-order valence-electron chi connectivity index (χ2n) is 8.97. The van der Waals surface area contributed by atoms with Crippen LogP contribution in [0.3, 0.4) is 0 Å². The molecule has 1 atom stereocenters. The molecule has 1 unspecified atom stereocenters. The number of rotatable bonds is 8. The minimum atomic E-state index is -0.164. The van der Waals surface area contributed by atoms with Crippen LogP contribution in [0.1, 0.15) is 28.4 Å². The van der Waals surface area contributed by atoms with Gasteiger partial charge in [-0.1, -0.05) is 36.4 Å². The van der Waals surface area contributed by atoms with E-state index in [1.54, 1.807) is 19.2 Å². The van der Waals surface area contributed by atoms with Crippen LogP contribution in [0.2, 0.25) is 0 Å². The van der Waals surface area contributed by atoms with E-state index in [4.69, 9.17) is 14.7 Å². The van der Waals surface area contributed by atoms with Gasteiger partial charge in [-0.3, -0.25) is 4.90 Å². The fourth-order valence-electron chi connectivity index (χ4n) is 4.26. The number of nitriles is 1. The first-order chi connectivity index (χ1) is 17.5. The van der Waals surface area contributed by atoms with Gasteiger partial charge in [-0.05, 0) is 60.0 Å². The maximum Gasteiger partial charge on any atom is 0.321 e. The maximum atomic E-state index is 12.7. The number of methoxy groups -OCH3 is 1. The molecule has 1 aliphatic rings. The van der Waals surface area contributed by atoms with Gasteiger partial charge in [0, 0.05) is 38.4 Å². The molecule has 1 saturated heterocycles. The number of nitrogens with zero attached hydrogens (tertiary/aromatic N) is 3. The topological polar surface area (TPSA) is 77.8 Å². The number of hydrogen-bond acceptors (Lipinski definition) is 5. The highest BCUT2D eigenvalue weighted by Crippen LogP contribution is 2.25. The Kier molecular flexibility index (Phi) is 8.56. The third kappa shape index (κ3) is 6.85. The van der Waals surface area contributed by atoms with Gasteiger partial charge in [0.05, 0.1) is 31.5 Å². The van der Waals surface area contributed by atoms with Crippen LogP contribution in [-0.4, -0.2) is 55.7 Å². The van der Waals surface area contributed by atoms with Gasteiger partial charge < -0.3 is 19.7 Å². The van der Waals surface area contributed by atoms with Crippen molar-refractivity contribution in [3.63, 3.8) is 0 Å². The number of urea groups is 1. The lowest BCUT2D eigenvalue weighted by molar-refractivity contribution is 0.00584. The first kappa shape index (κ1) is 25.2. The average Bonchev–Trinajstić information content (AvgIpc) is 2.91. The van der Waals surface area contributed by atoms with E-state index in [2.05, 4.69) is 22.4 Å². The van der Waals surface area contributed by atoms with Crippen molar-refractivity contribution in [3.05, 3.63) is 95.1 Å². The summed E-state index contributed by atoms with van der Waals surface area (Å²) in [6, 6.07) is 25.3. The number of carbonyl (C=O) groups is 1. The molecule has 1 heterocycles. The molecule has 7 heteroatoms. The van der Waals surface area contributed by atoms with Crippen LogP contribution < -0.4 is 10.1 Å². The number of hydrogen-bond donors (Lipinski definition) is 1. The zero-order chi connectivity index (χ0) is 25.3. The van der Waals surface area contributed by atoms with Crippen LogP contribution in [0.15, 0.2) is 72.8 Å². The third-order valence-corrected chi connectivity index (χ3v) is 6.35. The number of amides is 2. The summed E-state index contributed by atoms with van der Waals surface area (Å²) in [5.74, 6) is 0.789. The molecule has 186 valence electrons. The van der Waals surface area contributed by atoms with Crippen molar-refractivity contribution in [2.24, 2.45) is 0 Å². The number of piperazine rings is 1. The summed E-state index contributed by atoms with van der Waals surface area (Å²) in [5.41, 5.74) is 4.62. The zero-order valence-electron chi connectivity index (χ0n) is 20.8. The fourth-order valence-corrected chi connectivity index (χ4v) is 4.26. The summed E-state index contributed by atoms with van der Waals surface area (Å²) < 4.78 is 11.8. The van der Waals surface area contributed by atoms with Crippen molar-refractivity contribution >= 4 is 11.7 Å². The number of carbonyl (C=O) groups excluding carboxylic acids is 1. The Bertz CT molecular complexity index is 1200. The van der Waals surface area contributed by atoms with E-state index in [-0.39, 0.29) is 12.1 Å². The molecule has 7 nitrogen and oxygen atoms in total. The molecular formula is C29H32N4O3. The first-order valence-corrected chi connectivity index (χ1v) is 12.1. The molecule has 1 aliphatic heterocycles. The molecule has 3 aromatic rings. The molecule has 0 aliphatic carbocycles. The predicted octanol–water partition coefficient (Wildman–Crippen LogP) is 4.98. The molecule has 2 amide bonds. The smallest absolute Gasteiger partial charge is 0.321 e. The van der Waals surface area contributed by atoms with E-state index in [1.165, 1.54) is 0 Å². The Balaban J connectivity index is 1.37. The van der Waals surface area contributed by atoms with Crippen LogP contribution in [-0.2, 0) is 11.3 Å². The summed E-state index contributed by atoms with van der Waals surface area (Å²) >= 11 is 0. The molecule has 3 aromatic carbocycles. The third-order valence-electron chi connectivity index (χ3n) is 6.35. The standard InChI is InChI=1S/C29H32N4O3/c1-22-5-3-7-26(17-22)31-29(34)33-15-13-32(14-16-33)20-28(25-6-4-8-27(18-25)35-2)36-21-24-11-9-23(19-30)10-12-24/h3-12,17-18,28H,13-16,20-21H2,1-2H3,(H,31,34). The Morgan fingerprint density at radius 3 is 2.47 bits per heavy atom. The van der Waals surface area contributed by atoms with Gasteiger partial charge >= 0.3 is 6.03 Å². The van der Waals surface area contributed by atoms with Gasteiger partial charge in [-0.25, -0.2) is 4.79 Å². The molecule has 0 spiro atoms. The number of benzene rings is 3. The second-order valence-corrected chi connectivity index (χ2v) is 8.97. The van der Waals surface area contributed by atoms with Gasteiger partial charge in [0.25, 0.3) is 0 Å². The van der Waals surface area contributed by atoms with Crippen LogP contribution in [0.25, 0.3) is 0 Å². The highest BCUT2D eigenvalue weighted by atomic mass is 16.5. The molecule has 36 heavy (non-hydrogen) atoms. The van der Waals surface area contributed by atoms with Gasteiger partial charge in [0.1, 0.15) is 5.75 Å². The van der Waals surface area contributed by atoms with Crippen molar-refractivity contribution < 1.29 is 14.3 Å². The number of ether oxygens (including phenoxy) is 2. The molecule has 1 fully saturated rings. The lowest BCUT2D eigenvalue weighted by atomic mass is 10.1. The van der Waals surface area contributed by atoms with E-state index in [9.17, 15) is 4.79 Å². The SMILES string of the molecule is COc1cccc(C(CN2CCN(C(=O)Nc3cccc(C)c3)CC2)OCc2ccc(C#N)cc2)c1. The Labute approximate surface area is 212 Å². The minimum Gasteiger partial charge on any atom is -0.497 e. The molecule has 0 bridgehead atoms. The Hall–Kier alpha value is -3.86. The van der Waals surface area contributed by atoms with E-state index in [0.29, 0.717) is 31.8 Å². The van der Waals surface area contributed by atoms with Crippen molar-refractivity contribution in [2.75, 3.05) is 45.2 Å². The lowest BCUT2D eigenvalue weighted by Crippen LogP contribution is -2.50. The largest absolute Gasteiger partial charge is 0.497 e. The highest BCUT2D eigenvalue weighted by molar-refractivity contribution is 5.89. The first-order valence-electron chi connectivity index (χ1n) is 12.1. The van der Waals surface area contributed by atoms with Crippen molar-refractivity contribution in [3.8, 4) is 11.8 Å². The van der Waals surface area contributed by atoms with E-state index in [0.717, 1.165) is 41.2 Å². The Morgan fingerprint density at radius 2 is 1.78 bits per heavy atom. The molecule has 0 aromatic heterocycles. The van der Waals surface area contributed by atoms with Crippen molar-refractivity contribution in [1.29, 1.82) is 5.26 Å². The van der Waals surface area contributed by atoms with Gasteiger partial charge in [0.2, 0.25) is 0 Å². The van der Waals surface area contributed by atoms with Gasteiger partial charge in [-0.15, -0.1) is 0 Å². The fraction of sp³-hybridized carbons (Fsp3) is 0.310. The lowest BCUT2D eigenvalue weighted by Gasteiger charge is -2.36. The van der Waals surface area contributed by atoms with E-state index < -0.39 is 0 Å². The second kappa shape index (κ2) is 12.2. The molecular weight excluding hydrogens is 452 g/mol. The number of aryl methyl sites for hydroxylation is 1. The summed E-state index contributed by atoms with van der Waals surface area (Å²) in [7, 11) is 1.66. The summed E-state index contributed by atoms with van der Waals surface area (Å²) in [5, 5.41) is 12.0. The average molecular weight is 485 g/mol. The summed E-state index contributed by atoms with van der Waals surface area (Å²) in [4.78, 5) is 16.9. The maximum absolute atomic E-state index is 12.7. The Morgan fingerprint density at radius 1 is 1.03 bits per heavy atom. The molecule has 0 saturated carbocycles. The number of anilines is 1. The van der Waals surface area contributed by atoms with E-state index in [1.807, 2.05) is 66.4 Å².